The number of thiazole rings is 6. The fourth-order valence-corrected chi connectivity index (χ4v) is 17.8. The van der Waals surface area contributed by atoms with Crippen LogP contribution in [0, 0.1) is 37.5 Å². The molecule has 6 aromatic rings. The van der Waals surface area contributed by atoms with Crippen LogP contribution in [-0.4, -0.2) is 97.4 Å². The van der Waals surface area contributed by atoms with Gasteiger partial charge in [-0.3, -0.25) is 33.6 Å². The van der Waals surface area contributed by atoms with E-state index in [9.17, 15) is 19.2 Å². The van der Waals surface area contributed by atoms with E-state index < -0.39 is 71.7 Å². The Hall–Kier alpha value is -6.09. The van der Waals surface area contributed by atoms with E-state index in [1.54, 1.807) is 20.8 Å². The molecule has 540 valence electrons. The summed E-state index contributed by atoms with van der Waals surface area (Å²) in [6.45, 7) is 26.9. The first-order chi connectivity index (χ1) is 46.5. The number of aromatic nitrogens is 6. The summed E-state index contributed by atoms with van der Waals surface area (Å²) in [7, 11) is 0. The maximum absolute atomic E-state index is 15.3. The number of hydrogen-bond donors (Lipinski definition) is 11. The van der Waals surface area contributed by atoms with Crippen molar-refractivity contribution in [2.75, 3.05) is 26.2 Å². The van der Waals surface area contributed by atoms with Crippen LogP contribution in [0.2, 0.25) is 0 Å². The Morgan fingerprint density at radius 2 is 0.663 bits per heavy atom. The quantitative estimate of drug-likeness (QED) is 0.0159. The largest absolute Gasteiger partial charge is 0.365 e. The van der Waals surface area contributed by atoms with Gasteiger partial charge in [0.2, 0.25) is 5.91 Å². The second-order valence-corrected chi connectivity index (χ2v) is 33.5. The maximum Gasteiger partial charge on any atom is 0.263 e. The van der Waals surface area contributed by atoms with Gasteiger partial charge in [0, 0.05) is 19.8 Å². The molecule has 0 radical (unpaired) electrons. The van der Waals surface area contributed by atoms with Crippen LogP contribution < -0.4 is 60.6 Å². The molecule has 0 saturated heterocycles. The van der Waals surface area contributed by atoms with Gasteiger partial charge >= 0.3 is 0 Å². The second kappa shape index (κ2) is 39.2. The lowest BCUT2D eigenvalue weighted by atomic mass is 9.99. The Morgan fingerprint density at radius 3 is 1.03 bits per heavy atom. The number of nitrogens with zero attached hydrogens (tertiary/aromatic N) is 6. The van der Waals surface area contributed by atoms with E-state index in [0.717, 1.165) is 37.1 Å². The minimum atomic E-state index is -0.817. The summed E-state index contributed by atoms with van der Waals surface area (Å²) < 4.78 is 0. The molecule has 7 amide bonds. The summed E-state index contributed by atoms with van der Waals surface area (Å²) in [5.41, 5.74) is 32.0. The number of amides is 7. The SMILES string of the molecule is CC(=O)N[C@@H](CCCCN)c1nc(C)sc1C(=O)N[C@@H](CC(C)C)c1nc(CCCCN)sc1C(=O)N[C@@H](C)c1nc(CC(C)C)sc1C(=O)N[C@@H](CCCCN)c1nc(C)sc1C(=O)N[C@@H](CC(C)C)c1nc(CCCCN)sc1C(=O)N[C@@H](C)c1nc(CC(C)C)sc1C(N)=O. The molecule has 6 rings (SSSR count). The lowest BCUT2D eigenvalue weighted by Crippen LogP contribution is -2.35. The first kappa shape index (κ1) is 80.9. The number of rotatable bonds is 42. The van der Waals surface area contributed by atoms with Crippen molar-refractivity contribution in [2.45, 2.75) is 229 Å². The van der Waals surface area contributed by atoms with Gasteiger partial charge in [-0.1, -0.05) is 55.4 Å². The molecule has 30 heteroatoms. The molecular weight excluding hydrogens is 1360 g/mol. The van der Waals surface area contributed by atoms with Crippen LogP contribution in [-0.2, 0) is 30.5 Å². The van der Waals surface area contributed by atoms with E-state index in [4.69, 9.17) is 58.6 Å². The predicted octanol–water partition coefficient (Wildman–Crippen LogP) is 11.0. The van der Waals surface area contributed by atoms with E-state index in [1.807, 2.05) is 34.6 Å². The highest BCUT2D eigenvalue weighted by molar-refractivity contribution is 7.15. The highest BCUT2D eigenvalue weighted by atomic mass is 32.1. The maximum atomic E-state index is 15.3. The zero-order valence-corrected chi connectivity index (χ0v) is 64.2. The Morgan fingerprint density at radius 1 is 0.357 bits per heavy atom. The van der Waals surface area contributed by atoms with Crippen molar-refractivity contribution in [3.63, 3.8) is 0 Å². The number of nitrogens with one attached hydrogen (secondary N) is 6. The van der Waals surface area contributed by atoms with Crippen LogP contribution >= 0.6 is 68.0 Å². The number of hydrogen-bond acceptors (Lipinski definition) is 23. The fraction of sp³-hybridized carbons (Fsp3) is 0.632. The van der Waals surface area contributed by atoms with Crippen LogP contribution in [0.5, 0.6) is 0 Å². The zero-order valence-electron chi connectivity index (χ0n) is 59.3. The summed E-state index contributed by atoms with van der Waals surface area (Å²) in [4.78, 5) is 132. The third-order valence-electron chi connectivity index (χ3n) is 15.9. The molecule has 0 aliphatic rings. The Bertz CT molecular complexity index is 3620. The monoisotopic (exact) mass is 1460 g/mol. The Labute approximate surface area is 601 Å². The molecule has 98 heavy (non-hydrogen) atoms. The first-order valence-electron chi connectivity index (χ1n) is 34.4. The summed E-state index contributed by atoms with van der Waals surface area (Å²) in [6, 6.07) is -4.28. The number of primary amides is 1. The Kier molecular flexibility index (Phi) is 32.4. The van der Waals surface area contributed by atoms with Gasteiger partial charge in [0.15, 0.2) is 0 Å². The van der Waals surface area contributed by atoms with E-state index in [2.05, 4.69) is 59.6 Å². The van der Waals surface area contributed by atoms with Gasteiger partial charge < -0.3 is 60.6 Å². The van der Waals surface area contributed by atoms with Crippen molar-refractivity contribution < 1.29 is 33.6 Å². The molecule has 0 aliphatic carbocycles. The van der Waals surface area contributed by atoms with Gasteiger partial charge in [-0.2, -0.15) is 0 Å². The summed E-state index contributed by atoms with van der Waals surface area (Å²) in [6.07, 6.45) is 9.71. The zero-order chi connectivity index (χ0) is 72.1. The number of carbonyl (C=O) groups excluding carboxylic acids is 7. The molecule has 0 aliphatic heterocycles. The summed E-state index contributed by atoms with van der Waals surface area (Å²) >= 11 is 7.43. The molecule has 0 spiro atoms. The molecule has 0 saturated carbocycles. The van der Waals surface area contributed by atoms with Crippen LogP contribution in [0.25, 0.3) is 0 Å². The van der Waals surface area contributed by atoms with E-state index >= 15 is 14.4 Å². The van der Waals surface area contributed by atoms with Gasteiger partial charge in [0.1, 0.15) is 29.3 Å². The normalized spacial score (nSPS) is 13.6. The smallest absolute Gasteiger partial charge is 0.263 e. The highest BCUT2D eigenvalue weighted by Gasteiger charge is 2.36. The second-order valence-electron chi connectivity index (χ2n) is 26.8. The molecule has 16 N–H and O–H groups in total. The molecule has 6 atom stereocenters. The molecule has 6 aromatic heterocycles. The van der Waals surface area contributed by atoms with Gasteiger partial charge in [0.25, 0.3) is 35.4 Å². The Balaban J connectivity index is 1.33. The molecule has 6 heterocycles. The first-order valence-corrected chi connectivity index (χ1v) is 39.3. The molecule has 0 aromatic carbocycles. The number of carbonyl (C=O) groups is 7. The van der Waals surface area contributed by atoms with E-state index in [1.165, 1.54) is 74.9 Å². The fourth-order valence-electron chi connectivity index (χ4n) is 11.4. The average Bonchev–Trinajstić information content (AvgIpc) is 1.65. The number of aryl methyl sites for hydroxylation is 4. The van der Waals surface area contributed by atoms with E-state index in [-0.39, 0.29) is 44.2 Å². The van der Waals surface area contributed by atoms with E-state index in [0.29, 0.717) is 171 Å². The van der Waals surface area contributed by atoms with Crippen LogP contribution in [0.4, 0.5) is 0 Å². The molecule has 24 nitrogen and oxygen atoms in total. The predicted molar refractivity (Wildman–Crippen MR) is 395 cm³/mol. The standard InChI is InChI=1S/C68H105N17O7S6/c1-34(2)30-45(80-67(91)59-53(77-41(12)93-59)43(76-40(11)86)22-14-18-26-69)56-62(96-48(83-56)25-17-21-29-72)65(89)75-39(10)52-58(98-50(85-52)33-37(7)8)66(90)79-44(23-15-19-27-70)54-60(94-42(13)78-54)68(92)81-46(31-35(3)4)55-61(95-47(82-55)24-16-20-28-71)64(88)74-38(9)51-57(63(73)87)97-49(84-51)32-36(5)6/h34-39,43-46H,14-33,69-72H2,1-13H3,(H2,73,87)(H,74,88)(H,75,89)(H,76,86)(H,79,90)(H,80,91)(H,81,92)/t38-,39-,43-,44-,45-,46-/m0/s1. The number of unbranched alkanes of at least 4 members (excludes halogenated alkanes) is 4. The van der Waals surface area contributed by atoms with Gasteiger partial charge in [-0.05, 0) is 167 Å². The van der Waals surface area contributed by atoms with Gasteiger partial charge in [0.05, 0.1) is 100 Å². The number of nitrogens with two attached hydrogens (primary N) is 5. The summed E-state index contributed by atoms with van der Waals surface area (Å²) in [5.74, 6) is -2.57. The van der Waals surface area contributed by atoms with Crippen LogP contribution in [0.15, 0.2) is 0 Å². The third kappa shape index (κ3) is 23.5. The summed E-state index contributed by atoms with van der Waals surface area (Å²) in [5, 5.41) is 23.2. The van der Waals surface area contributed by atoms with Crippen molar-refractivity contribution in [3.8, 4) is 0 Å². The average molecular weight is 1470 g/mol. The third-order valence-corrected chi connectivity index (χ3v) is 22.3. The van der Waals surface area contributed by atoms with Crippen molar-refractivity contribution in [1.29, 1.82) is 0 Å². The molecule has 0 fully saturated rings. The van der Waals surface area contributed by atoms with Crippen LogP contribution in [0.3, 0.4) is 0 Å². The van der Waals surface area contributed by atoms with Crippen molar-refractivity contribution in [3.05, 3.63) is 93.5 Å². The van der Waals surface area contributed by atoms with Crippen molar-refractivity contribution in [2.24, 2.45) is 52.3 Å². The minimum Gasteiger partial charge on any atom is -0.365 e. The van der Waals surface area contributed by atoms with Gasteiger partial charge in [-0.25, -0.2) is 29.9 Å². The topological polar surface area (TPSA) is 399 Å². The lowest BCUT2D eigenvalue weighted by molar-refractivity contribution is -0.119. The van der Waals surface area contributed by atoms with Crippen molar-refractivity contribution >= 4 is 109 Å². The highest BCUT2D eigenvalue weighted by Crippen LogP contribution is 2.37. The molecular formula is C68H105N17O7S6. The lowest BCUT2D eigenvalue weighted by Gasteiger charge is -2.22. The van der Waals surface area contributed by atoms with Gasteiger partial charge in [-0.15, -0.1) is 68.0 Å². The minimum absolute atomic E-state index is 0.0295. The molecule has 0 bridgehead atoms. The van der Waals surface area contributed by atoms with Crippen molar-refractivity contribution in [1.82, 2.24) is 61.8 Å². The van der Waals surface area contributed by atoms with Crippen LogP contribution in [0.1, 0.15) is 312 Å². The molecule has 0 unspecified atom stereocenters.